The van der Waals surface area contributed by atoms with Crippen LogP contribution in [0.25, 0.3) is 0 Å². The van der Waals surface area contributed by atoms with Crippen molar-refractivity contribution in [1.29, 1.82) is 0 Å². The van der Waals surface area contributed by atoms with Crippen molar-refractivity contribution in [3.63, 3.8) is 0 Å². The summed E-state index contributed by atoms with van der Waals surface area (Å²) in [4.78, 5) is 11.3. The molecular weight excluding hydrogens is 164 g/mol. The molecule has 1 aliphatic heterocycles. The fourth-order valence-electron chi connectivity index (χ4n) is 1.79. The smallest absolute Gasteiger partial charge is 0.309 e. The van der Waals surface area contributed by atoms with Gasteiger partial charge in [-0.25, -0.2) is 0 Å². The van der Waals surface area contributed by atoms with E-state index in [-0.39, 0.29) is 18.0 Å². The van der Waals surface area contributed by atoms with Crippen LogP contribution >= 0.6 is 0 Å². The summed E-state index contributed by atoms with van der Waals surface area (Å²) in [6.45, 7) is 5.76. The largest absolute Gasteiger partial charge is 0.462 e. The van der Waals surface area contributed by atoms with Crippen LogP contribution in [0.3, 0.4) is 0 Å². The van der Waals surface area contributed by atoms with Crippen LogP contribution in [-0.2, 0) is 9.53 Å². The highest BCUT2D eigenvalue weighted by atomic mass is 16.5. The lowest BCUT2D eigenvalue weighted by Gasteiger charge is -2.05. The molecule has 13 heavy (non-hydrogen) atoms. The van der Waals surface area contributed by atoms with Gasteiger partial charge in [0.2, 0.25) is 0 Å². The van der Waals surface area contributed by atoms with Crippen molar-refractivity contribution in [1.82, 2.24) is 0 Å². The monoisotopic (exact) mass is 182 g/mol. The van der Waals surface area contributed by atoms with Gasteiger partial charge in [-0.1, -0.05) is 19.4 Å². The van der Waals surface area contributed by atoms with Crippen molar-refractivity contribution in [3.8, 4) is 0 Å². The first-order chi connectivity index (χ1) is 6.27. The topological polar surface area (TPSA) is 26.3 Å². The molecule has 2 nitrogen and oxygen atoms in total. The Kier molecular flexibility index (Phi) is 4.00. The average molecular weight is 182 g/mol. The predicted octanol–water partition coefficient (Wildman–Crippen LogP) is 2.68. The van der Waals surface area contributed by atoms with Crippen LogP contribution in [-0.4, -0.2) is 12.1 Å². The molecular formula is C11H18O2. The van der Waals surface area contributed by atoms with E-state index in [1.165, 1.54) is 0 Å². The lowest BCUT2D eigenvalue weighted by atomic mass is 9.98. The number of hydrogen-bond acceptors (Lipinski definition) is 2. The molecule has 1 heterocycles. The fraction of sp³-hybridized carbons (Fsp3) is 0.727. The van der Waals surface area contributed by atoms with Gasteiger partial charge in [0.15, 0.2) is 0 Å². The lowest BCUT2D eigenvalue weighted by molar-refractivity contribution is -0.144. The van der Waals surface area contributed by atoms with Gasteiger partial charge in [0.1, 0.15) is 6.10 Å². The molecule has 2 heteroatoms. The first kappa shape index (κ1) is 10.3. The first-order valence-corrected chi connectivity index (χ1v) is 5.09. The summed E-state index contributed by atoms with van der Waals surface area (Å²) in [5.41, 5.74) is 0. The summed E-state index contributed by atoms with van der Waals surface area (Å²) in [6, 6.07) is 0. The standard InChI is InChI=1S/C11H18O2/c1-3-5-7-10-8-9(6-4-2)11(12)13-10/h3,9-10H,1,4-8H2,2H3/t9-,10-/m1/s1. The minimum Gasteiger partial charge on any atom is -0.462 e. The number of esters is 1. The van der Waals surface area contributed by atoms with E-state index in [1.54, 1.807) is 0 Å². The van der Waals surface area contributed by atoms with Crippen LogP contribution in [0.4, 0.5) is 0 Å². The van der Waals surface area contributed by atoms with Gasteiger partial charge in [0.25, 0.3) is 0 Å². The Morgan fingerprint density at radius 2 is 2.38 bits per heavy atom. The van der Waals surface area contributed by atoms with E-state index < -0.39 is 0 Å². The molecule has 0 amide bonds. The Labute approximate surface area is 80.0 Å². The quantitative estimate of drug-likeness (QED) is 0.482. The highest BCUT2D eigenvalue weighted by Gasteiger charge is 2.32. The summed E-state index contributed by atoms with van der Waals surface area (Å²) in [5, 5.41) is 0. The Morgan fingerprint density at radius 3 is 3.00 bits per heavy atom. The van der Waals surface area contributed by atoms with Gasteiger partial charge < -0.3 is 4.74 Å². The maximum atomic E-state index is 11.3. The molecule has 0 aromatic rings. The third kappa shape index (κ3) is 2.87. The van der Waals surface area contributed by atoms with Crippen LogP contribution in [0.2, 0.25) is 0 Å². The van der Waals surface area contributed by atoms with E-state index in [2.05, 4.69) is 13.5 Å². The maximum Gasteiger partial charge on any atom is 0.309 e. The number of allylic oxidation sites excluding steroid dienone is 1. The van der Waals surface area contributed by atoms with E-state index in [4.69, 9.17) is 4.74 Å². The SMILES string of the molecule is C=CCC[C@@H]1C[C@@H](CCC)C(=O)O1. The van der Waals surface area contributed by atoms with Crippen LogP contribution in [0.5, 0.6) is 0 Å². The average Bonchev–Trinajstić information content (AvgIpc) is 2.45. The lowest BCUT2D eigenvalue weighted by Crippen LogP contribution is -2.06. The van der Waals surface area contributed by atoms with E-state index in [0.717, 1.165) is 32.1 Å². The molecule has 0 radical (unpaired) electrons. The van der Waals surface area contributed by atoms with Crippen molar-refractivity contribution >= 4 is 5.97 Å². The second kappa shape index (κ2) is 5.05. The Morgan fingerprint density at radius 1 is 1.62 bits per heavy atom. The molecule has 0 N–H and O–H groups in total. The molecule has 0 saturated carbocycles. The number of rotatable bonds is 5. The summed E-state index contributed by atoms with van der Waals surface area (Å²) in [7, 11) is 0. The molecule has 1 saturated heterocycles. The molecule has 1 rings (SSSR count). The zero-order valence-electron chi connectivity index (χ0n) is 8.29. The van der Waals surface area contributed by atoms with Crippen molar-refractivity contribution < 1.29 is 9.53 Å². The molecule has 1 aliphatic rings. The van der Waals surface area contributed by atoms with Gasteiger partial charge in [-0.2, -0.15) is 0 Å². The van der Waals surface area contributed by atoms with E-state index >= 15 is 0 Å². The zero-order chi connectivity index (χ0) is 9.68. The van der Waals surface area contributed by atoms with Gasteiger partial charge in [-0.15, -0.1) is 6.58 Å². The second-order valence-corrected chi connectivity index (χ2v) is 3.65. The second-order valence-electron chi connectivity index (χ2n) is 3.65. The maximum absolute atomic E-state index is 11.3. The van der Waals surface area contributed by atoms with Gasteiger partial charge in [-0.05, 0) is 25.7 Å². The van der Waals surface area contributed by atoms with E-state index in [0.29, 0.717) is 0 Å². The van der Waals surface area contributed by atoms with E-state index in [9.17, 15) is 4.79 Å². The third-order valence-electron chi connectivity index (χ3n) is 2.49. The normalized spacial score (nSPS) is 27.3. The molecule has 0 aliphatic carbocycles. The third-order valence-corrected chi connectivity index (χ3v) is 2.49. The summed E-state index contributed by atoms with van der Waals surface area (Å²) in [6.07, 6.45) is 6.87. The van der Waals surface area contributed by atoms with Crippen LogP contribution < -0.4 is 0 Å². The highest BCUT2D eigenvalue weighted by Crippen LogP contribution is 2.27. The van der Waals surface area contributed by atoms with Crippen molar-refractivity contribution in [2.24, 2.45) is 5.92 Å². The van der Waals surface area contributed by atoms with E-state index in [1.807, 2.05) is 6.08 Å². The van der Waals surface area contributed by atoms with Crippen molar-refractivity contribution in [3.05, 3.63) is 12.7 Å². The zero-order valence-corrected chi connectivity index (χ0v) is 8.29. The first-order valence-electron chi connectivity index (χ1n) is 5.09. The van der Waals surface area contributed by atoms with Gasteiger partial charge in [-0.3, -0.25) is 4.79 Å². The minimum atomic E-state index is 0.0101. The molecule has 2 atom stereocenters. The Bertz CT molecular complexity index is 187. The molecule has 1 fully saturated rings. The summed E-state index contributed by atoms with van der Waals surface area (Å²) in [5.74, 6) is 0.177. The Balaban J connectivity index is 2.31. The molecule has 0 aromatic carbocycles. The number of hydrogen-bond donors (Lipinski definition) is 0. The predicted molar refractivity (Wildman–Crippen MR) is 52.3 cm³/mol. The van der Waals surface area contributed by atoms with Crippen LogP contribution in [0, 0.1) is 5.92 Å². The van der Waals surface area contributed by atoms with Crippen LogP contribution in [0.15, 0.2) is 12.7 Å². The highest BCUT2D eigenvalue weighted by molar-refractivity contribution is 5.74. The molecule has 74 valence electrons. The number of ether oxygens (including phenoxy) is 1. The van der Waals surface area contributed by atoms with Crippen molar-refractivity contribution in [2.75, 3.05) is 0 Å². The number of carbonyl (C=O) groups excluding carboxylic acids is 1. The van der Waals surface area contributed by atoms with Crippen molar-refractivity contribution in [2.45, 2.75) is 45.1 Å². The number of carbonyl (C=O) groups is 1. The van der Waals surface area contributed by atoms with Gasteiger partial charge >= 0.3 is 5.97 Å². The number of cyclic esters (lactones) is 1. The Hall–Kier alpha value is -0.790. The molecule has 0 unspecified atom stereocenters. The molecule has 0 aromatic heterocycles. The van der Waals surface area contributed by atoms with Gasteiger partial charge in [0, 0.05) is 0 Å². The van der Waals surface area contributed by atoms with Crippen LogP contribution in [0.1, 0.15) is 39.0 Å². The van der Waals surface area contributed by atoms with Gasteiger partial charge in [0.05, 0.1) is 5.92 Å². The summed E-state index contributed by atoms with van der Waals surface area (Å²) >= 11 is 0. The molecule has 0 spiro atoms. The summed E-state index contributed by atoms with van der Waals surface area (Å²) < 4.78 is 5.24. The fourth-order valence-corrected chi connectivity index (χ4v) is 1.79. The minimum absolute atomic E-state index is 0.0101. The molecule has 0 bridgehead atoms.